The standard InChI is InChI=1S/C17H13ClN4OS/c1-12(23)16-21-22(15-10-6-5-9-14(15)18)17(24-16)20-19-11-13-7-3-2-4-8-13/h2-11H,1H3/b19-11+,20-17-. The van der Waals surface area contributed by atoms with Gasteiger partial charge >= 0.3 is 0 Å². The molecule has 0 aliphatic heterocycles. The summed E-state index contributed by atoms with van der Waals surface area (Å²) >= 11 is 7.40. The Morgan fingerprint density at radius 2 is 1.88 bits per heavy atom. The highest BCUT2D eigenvalue weighted by molar-refractivity contribution is 7.10. The summed E-state index contributed by atoms with van der Waals surface area (Å²) in [6.07, 6.45) is 1.64. The largest absolute Gasteiger partial charge is 0.292 e. The minimum atomic E-state index is -0.130. The van der Waals surface area contributed by atoms with Crippen LogP contribution in [0.5, 0.6) is 0 Å². The molecule has 0 saturated heterocycles. The van der Waals surface area contributed by atoms with Crippen molar-refractivity contribution in [2.45, 2.75) is 6.92 Å². The molecular weight excluding hydrogens is 344 g/mol. The van der Waals surface area contributed by atoms with Crippen LogP contribution in [0.1, 0.15) is 22.3 Å². The molecule has 0 atom stereocenters. The van der Waals surface area contributed by atoms with E-state index in [2.05, 4.69) is 15.3 Å². The lowest BCUT2D eigenvalue weighted by atomic mass is 10.2. The number of rotatable bonds is 4. The molecule has 120 valence electrons. The van der Waals surface area contributed by atoms with Gasteiger partial charge in [0, 0.05) is 6.92 Å². The zero-order valence-electron chi connectivity index (χ0n) is 12.8. The van der Waals surface area contributed by atoms with Crippen LogP contribution >= 0.6 is 22.9 Å². The van der Waals surface area contributed by atoms with Crippen LogP contribution in [-0.2, 0) is 0 Å². The maximum atomic E-state index is 11.6. The van der Waals surface area contributed by atoms with Crippen LogP contribution in [0.15, 0.2) is 64.8 Å². The summed E-state index contributed by atoms with van der Waals surface area (Å²) in [6, 6.07) is 16.9. The number of nitrogens with zero attached hydrogens (tertiary/aromatic N) is 4. The van der Waals surface area contributed by atoms with Gasteiger partial charge in [-0.3, -0.25) is 4.79 Å². The van der Waals surface area contributed by atoms with Gasteiger partial charge in [0.2, 0.25) is 4.80 Å². The fraction of sp³-hybridized carbons (Fsp3) is 0.0588. The van der Waals surface area contributed by atoms with Gasteiger partial charge in [-0.05, 0) is 17.7 Å². The van der Waals surface area contributed by atoms with Crippen LogP contribution < -0.4 is 4.80 Å². The average Bonchev–Trinajstić information content (AvgIpc) is 3.01. The first-order chi connectivity index (χ1) is 11.6. The fourth-order valence-corrected chi connectivity index (χ4v) is 2.92. The molecule has 0 spiro atoms. The first-order valence-corrected chi connectivity index (χ1v) is 8.33. The van der Waals surface area contributed by atoms with Crippen LogP contribution in [0.2, 0.25) is 5.02 Å². The zero-order chi connectivity index (χ0) is 16.9. The van der Waals surface area contributed by atoms with Gasteiger partial charge in [-0.1, -0.05) is 65.4 Å². The van der Waals surface area contributed by atoms with Gasteiger partial charge in [0.05, 0.1) is 16.9 Å². The van der Waals surface area contributed by atoms with Crippen molar-refractivity contribution >= 4 is 34.9 Å². The number of hydrogen-bond acceptors (Lipinski definition) is 5. The van der Waals surface area contributed by atoms with Crippen LogP contribution in [-0.4, -0.2) is 21.8 Å². The van der Waals surface area contributed by atoms with E-state index in [1.165, 1.54) is 22.9 Å². The average molecular weight is 357 g/mol. The molecule has 7 heteroatoms. The molecule has 0 bridgehead atoms. The van der Waals surface area contributed by atoms with E-state index in [0.717, 1.165) is 5.56 Å². The molecule has 5 nitrogen and oxygen atoms in total. The Bertz CT molecular complexity index is 960. The fourth-order valence-electron chi connectivity index (χ4n) is 1.95. The number of benzene rings is 2. The highest BCUT2D eigenvalue weighted by atomic mass is 35.5. The maximum absolute atomic E-state index is 11.6. The molecule has 0 N–H and O–H groups in total. The quantitative estimate of drug-likeness (QED) is 0.406. The summed E-state index contributed by atoms with van der Waals surface area (Å²) in [5.41, 5.74) is 1.58. The number of carbonyl (C=O) groups is 1. The highest BCUT2D eigenvalue weighted by Crippen LogP contribution is 2.18. The predicted octanol–water partition coefficient (Wildman–Crippen LogP) is 3.72. The molecule has 24 heavy (non-hydrogen) atoms. The van der Waals surface area contributed by atoms with Crippen LogP contribution in [0, 0.1) is 0 Å². The number of halogens is 1. The second-order valence-corrected chi connectivity index (χ2v) is 6.23. The van der Waals surface area contributed by atoms with Crippen LogP contribution in [0.25, 0.3) is 5.69 Å². The summed E-state index contributed by atoms with van der Waals surface area (Å²) < 4.78 is 1.53. The molecule has 0 aliphatic carbocycles. The summed E-state index contributed by atoms with van der Waals surface area (Å²) in [7, 11) is 0. The van der Waals surface area contributed by atoms with Crippen molar-refractivity contribution in [3.05, 3.63) is 75.0 Å². The third-order valence-electron chi connectivity index (χ3n) is 3.09. The maximum Gasteiger partial charge on any atom is 0.233 e. The molecule has 0 radical (unpaired) electrons. The monoisotopic (exact) mass is 356 g/mol. The molecule has 1 heterocycles. The molecule has 0 fully saturated rings. The van der Waals surface area contributed by atoms with E-state index in [1.54, 1.807) is 12.3 Å². The normalized spacial score (nSPS) is 12.0. The first kappa shape index (κ1) is 16.3. The zero-order valence-corrected chi connectivity index (χ0v) is 14.3. The number of hydrogen-bond donors (Lipinski definition) is 0. The Morgan fingerprint density at radius 3 is 2.58 bits per heavy atom. The second kappa shape index (κ2) is 7.33. The lowest BCUT2D eigenvalue weighted by Crippen LogP contribution is -2.14. The number of para-hydroxylation sites is 1. The molecule has 0 unspecified atom stereocenters. The van der Waals surface area contributed by atoms with E-state index in [1.807, 2.05) is 48.5 Å². The second-order valence-electron chi connectivity index (χ2n) is 4.86. The lowest BCUT2D eigenvalue weighted by molar-refractivity contribution is 0.101. The molecule has 3 aromatic rings. The molecule has 0 aliphatic rings. The Kier molecular flexibility index (Phi) is 4.98. The summed E-state index contributed by atoms with van der Waals surface area (Å²) in [5, 5.41) is 13.5. The molecular formula is C17H13ClN4OS. The van der Waals surface area contributed by atoms with Crippen molar-refractivity contribution in [1.29, 1.82) is 0 Å². The number of carbonyl (C=O) groups excluding carboxylic acids is 1. The van der Waals surface area contributed by atoms with Gasteiger partial charge in [0.1, 0.15) is 0 Å². The molecule has 2 aromatic carbocycles. The Labute approximate surface area is 147 Å². The van der Waals surface area contributed by atoms with Gasteiger partial charge in [-0.2, -0.15) is 10.2 Å². The Morgan fingerprint density at radius 1 is 1.17 bits per heavy atom. The highest BCUT2D eigenvalue weighted by Gasteiger charge is 2.12. The molecule has 0 saturated carbocycles. The number of aromatic nitrogens is 2. The van der Waals surface area contributed by atoms with Gasteiger partial charge in [-0.25, -0.2) is 4.68 Å². The summed E-state index contributed by atoms with van der Waals surface area (Å²) in [4.78, 5) is 12.1. The van der Waals surface area contributed by atoms with E-state index in [4.69, 9.17) is 11.6 Å². The number of Topliss-reactive ketones (excluding diaryl/α,β-unsaturated/α-hetero) is 1. The molecule has 0 amide bonds. The third-order valence-corrected chi connectivity index (χ3v) is 4.41. The molecule has 1 aromatic heterocycles. The first-order valence-electron chi connectivity index (χ1n) is 7.13. The number of ketones is 1. The SMILES string of the molecule is CC(=O)c1nn(-c2ccccc2Cl)/c(=N/N=C/c2ccccc2)s1. The van der Waals surface area contributed by atoms with E-state index < -0.39 is 0 Å². The minimum absolute atomic E-state index is 0.130. The molecule has 3 rings (SSSR count). The van der Waals surface area contributed by atoms with E-state index in [0.29, 0.717) is 20.5 Å². The predicted molar refractivity (Wildman–Crippen MR) is 96.1 cm³/mol. The summed E-state index contributed by atoms with van der Waals surface area (Å²) in [5.74, 6) is -0.130. The lowest BCUT2D eigenvalue weighted by Gasteiger charge is -2.02. The van der Waals surface area contributed by atoms with Crippen LogP contribution in [0.4, 0.5) is 0 Å². The van der Waals surface area contributed by atoms with Crippen molar-refractivity contribution < 1.29 is 4.79 Å². The van der Waals surface area contributed by atoms with Gasteiger partial charge in [-0.15, -0.1) is 5.10 Å². The third kappa shape index (κ3) is 3.67. The Balaban J connectivity index is 2.06. The van der Waals surface area contributed by atoms with Crippen LogP contribution in [0.3, 0.4) is 0 Å². The van der Waals surface area contributed by atoms with Crippen molar-refractivity contribution in [2.75, 3.05) is 0 Å². The summed E-state index contributed by atoms with van der Waals surface area (Å²) in [6.45, 7) is 1.47. The van der Waals surface area contributed by atoms with E-state index >= 15 is 0 Å². The van der Waals surface area contributed by atoms with Crippen molar-refractivity contribution in [3.63, 3.8) is 0 Å². The Hall–Kier alpha value is -2.57. The van der Waals surface area contributed by atoms with E-state index in [9.17, 15) is 4.79 Å². The van der Waals surface area contributed by atoms with Crippen molar-refractivity contribution in [1.82, 2.24) is 9.78 Å². The smallest absolute Gasteiger partial charge is 0.233 e. The van der Waals surface area contributed by atoms with Crippen molar-refractivity contribution in [3.8, 4) is 5.69 Å². The van der Waals surface area contributed by atoms with Gasteiger partial charge in [0.25, 0.3) is 0 Å². The van der Waals surface area contributed by atoms with Crippen molar-refractivity contribution in [2.24, 2.45) is 10.2 Å². The topological polar surface area (TPSA) is 59.6 Å². The van der Waals surface area contributed by atoms with E-state index in [-0.39, 0.29) is 5.78 Å². The van der Waals surface area contributed by atoms with Gasteiger partial charge in [0.15, 0.2) is 10.8 Å². The minimum Gasteiger partial charge on any atom is -0.292 e. The van der Waals surface area contributed by atoms with Gasteiger partial charge < -0.3 is 0 Å².